The fraction of sp³-hybridized carbons (Fsp3) is 0.211. The van der Waals surface area contributed by atoms with Crippen molar-refractivity contribution >= 4 is 11.8 Å². The van der Waals surface area contributed by atoms with Gasteiger partial charge in [-0.05, 0) is 31.2 Å². The lowest BCUT2D eigenvalue weighted by atomic mass is 10.1. The highest BCUT2D eigenvalue weighted by atomic mass is 19.1. The summed E-state index contributed by atoms with van der Waals surface area (Å²) < 4.78 is 14.0. The number of carbonyl (C=O) groups is 2. The predicted molar refractivity (Wildman–Crippen MR) is 89.3 cm³/mol. The van der Waals surface area contributed by atoms with Crippen LogP contribution in [0.25, 0.3) is 0 Å². The zero-order valence-corrected chi connectivity index (χ0v) is 13.6. The van der Waals surface area contributed by atoms with Crippen LogP contribution < -0.4 is 5.32 Å². The van der Waals surface area contributed by atoms with Crippen LogP contribution in [0.2, 0.25) is 0 Å². The van der Waals surface area contributed by atoms with E-state index in [2.05, 4.69) is 5.32 Å². The maximum atomic E-state index is 14.0. The molecule has 1 unspecified atom stereocenters. The Balaban J connectivity index is 1.61. The molecule has 0 saturated carbocycles. The van der Waals surface area contributed by atoms with Crippen LogP contribution >= 0.6 is 0 Å². The lowest BCUT2D eigenvalue weighted by molar-refractivity contribution is 0.0654. The molecule has 0 bridgehead atoms. The summed E-state index contributed by atoms with van der Waals surface area (Å²) in [4.78, 5) is 25.7. The van der Waals surface area contributed by atoms with Gasteiger partial charge in [0, 0.05) is 24.7 Å². The molecule has 3 rings (SSSR count). The minimum absolute atomic E-state index is 0.203. The molecule has 0 aliphatic carbocycles. The Kier molecular flexibility index (Phi) is 4.59. The first-order chi connectivity index (χ1) is 12.0. The Labute approximate surface area is 144 Å². The molecule has 2 amide bonds. The summed E-state index contributed by atoms with van der Waals surface area (Å²) in [7, 11) is 0. The second-order valence-corrected chi connectivity index (χ2v) is 5.83. The molecule has 1 atom stereocenters. The largest absolute Gasteiger partial charge is 0.308 e. The van der Waals surface area contributed by atoms with Crippen molar-refractivity contribution in [1.82, 2.24) is 10.2 Å². The molecule has 1 aliphatic heterocycles. The van der Waals surface area contributed by atoms with Gasteiger partial charge in [0.15, 0.2) is 0 Å². The standard InChI is InChI=1S/C19H16FN3O2/c1-12(14-7-6-13(11-21)10-17(14)20)22-8-9-23-18(24)15-4-2-3-5-16(15)19(23)25/h2-7,10,12,22H,8-9H2,1H3. The molecular formula is C19H16FN3O2. The van der Waals surface area contributed by atoms with Crippen molar-refractivity contribution in [3.8, 4) is 6.07 Å². The van der Waals surface area contributed by atoms with E-state index in [0.29, 0.717) is 23.2 Å². The first kappa shape index (κ1) is 16.8. The summed E-state index contributed by atoms with van der Waals surface area (Å²) in [5.41, 5.74) is 1.53. The van der Waals surface area contributed by atoms with E-state index in [1.807, 2.05) is 6.07 Å². The highest BCUT2D eigenvalue weighted by Crippen LogP contribution is 2.22. The van der Waals surface area contributed by atoms with E-state index in [1.165, 1.54) is 11.0 Å². The smallest absolute Gasteiger partial charge is 0.261 e. The van der Waals surface area contributed by atoms with Gasteiger partial charge in [0.05, 0.1) is 22.8 Å². The van der Waals surface area contributed by atoms with Crippen molar-refractivity contribution in [2.75, 3.05) is 13.1 Å². The molecule has 1 heterocycles. The van der Waals surface area contributed by atoms with Gasteiger partial charge in [-0.25, -0.2) is 4.39 Å². The average Bonchev–Trinajstić information content (AvgIpc) is 2.86. The number of nitriles is 1. The van der Waals surface area contributed by atoms with Crippen molar-refractivity contribution in [2.45, 2.75) is 13.0 Å². The molecule has 6 heteroatoms. The van der Waals surface area contributed by atoms with E-state index >= 15 is 0 Å². The van der Waals surface area contributed by atoms with Gasteiger partial charge in [-0.2, -0.15) is 5.26 Å². The molecule has 0 radical (unpaired) electrons. The number of hydrogen-bond donors (Lipinski definition) is 1. The van der Waals surface area contributed by atoms with Crippen LogP contribution in [0, 0.1) is 17.1 Å². The second-order valence-electron chi connectivity index (χ2n) is 5.83. The minimum atomic E-state index is -0.459. The fourth-order valence-electron chi connectivity index (χ4n) is 2.89. The van der Waals surface area contributed by atoms with Crippen LogP contribution in [0.4, 0.5) is 4.39 Å². The first-order valence-electron chi connectivity index (χ1n) is 7.91. The molecule has 126 valence electrons. The van der Waals surface area contributed by atoms with Crippen LogP contribution in [0.15, 0.2) is 42.5 Å². The Morgan fingerprint density at radius 1 is 1.16 bits per heavy atom. The lowest BCUT2D eigenvalue weighted by Gasteiger charge is -2.18. The van der Waals surface area contributed by atoms with E-state index in [-0.39, 0.29) is 30.0 Å². The Bertz CT molecular complexity index is 853. The topological polar surface area (TPSA) is 73.2 Å². The molecule has 1 N–H and O–H groups in total. The SMILES string of the molecule is CC(NCCN1C(=O)c2ccccc2C1=O)c1ccc(C#N)cc1F. The quantitative estimate of drug-likeness (QED) is 0.851. The molecule has 0 saturated heterocycles. The molecule has 5 nitrogen and oxygen atoms in total. The lowest BCUT2D eigenvalue weighted by Crippen LogP contribution is -2.37. The summed E-state index contributed by atoms with van der Waals surface area (Å²) >= 11 is 0. The monoisotopic (exact) mass is 337 g/mol. The van der Waals surface area contributed by atoms with E-state index in [9.17, 15) is 14.0 Å². The van der Waals surface area contributed by atoms with E-state index in [1.54, 1.807) is 43.3 Å². The van der Waals surface area contributed by atoms with Crippen LogP contribution in [0.5, 0.6) is 0 Å². The third-order valence-corrected chi connectivity index (χ3v) is 4.26. The molecule has 2 aromatic carbocycles. The number of amides is 2. The Morgan fingerprint density at radius 3 is 2.36 bits per heavy atom. The fourth-order valence-corrected chi connectivity index (χ4v) is 2.89. The average molecular weight is 337 g/mol. The maximum Gasteiger partial charge on any atom is 0.261 e. The number of hydrogen-bond acceptors (Lipinski definition) is 4. The Morgan fingerprint density at radius 2 is 1.80 bits per heavy atom. The van der Waals surface area contributed by atoms with Gasteiger partial charge in [0.2, 0.25) is 0 Å². The number of imide groups is 1. The van der Waals surface area contributed by atoms with Crippen LogP contribution in [0.1, 0.15) is 44.8 Å². The van der Waals surface area contributed by atoms with Crippen molar-refractivity contribution in [3.05, 3.63) is 70.5 Å². The Hall–Kier alpha value is -3.04. The first-order valence-corrected chi connectivity index (χ1v) is 7.91. The van der Waals surface area contributed by atoms with Crippen LogP contribution in [0.3, 0.4) is 0 Å². The molecule has 0 spiro atoms. The summed E-state index contributed by atoms with van der Waals surface area (Å²) in [6.45, 7) is 2.33. The minimum Gasteiger partial charge on any atom is -0.308 e. The number of halogens is 1. The van der Waals surface area contributed by atoms with Gasteiger partial charge >= 0.3 is 0 Å². The molecule has 2 aromatic rings. The normalized spacial score (nSPS) is 14.4. The summed E-state index contributed by atoms with van der Waals surface area (Å²) in [5.74, 6) is -1.07. The zero-order chi connectivity index (χ0) is 18.0. The van der Waals surface area contributed by atoms with Gasteiger partial charge in [-0.3, -0.25) is 14.5 Å². The van der Waals surface area contributed by atoms with E-state index in [0.717, 1.165) is 0 Å². The van der Waals surface area contributed by atoms with Gasteiger partial charge in [0.25, 0.3) is 11.8 Å². The third-order valence-electron chi connectivity index (χ3n) is 4.26. The van der Waals surface area contributed by atoms with Crippen molar-refractivity contribution in [1.29, 1.82) is 5.26 Å². The molecule has 0 fully saturated rings. The van der Waals surface area contributed by atoms with Crippen molar-refractivity contribution in [2.24, 2.45) is 0 Å². The molecule has 0 aromatic heterocycles. The maximum absolute atomic E-state index is 14.0. The highest BCUT2D eigenvalue weighted by Gasteiger charge is 2.34. The predicted octanol–water partition coefficient (Wildman–Crippen LogP) is 2.64. The van der Waals surface area contributed by atoms with E-state index in [4.69, 9.17) is 5.26 Å². The summed E-state index contributed by atoms with van der Waals surface area (Å²) in [6.07, 6.45) is 0. The molecule has 1 aliphatic rings. The number of nitrogens with one attached hydrogen (secondary N) is 1. The van der Waals surface area contributed by atoms with E-state index < -0.39 is 5.82 Å². The van der Waals surface area contributed by atoms with Crippen molar-refractivity contribution < 1.29 is 14.0 Å². The van der Waals surface area contributed by atoms with Crippen LogP contribution in [-0.2, 0) is 0 Å². The molecule has 25 heavy (non-hydrogen) atoms. The number of rotatable bonds is 5. The highest BCUT2D eigenvalue weighted by molar-refractivity contribution is 6.21. The number of nitrogens with zero attached hydrogens (tertiary/aromatic N) is 2. The summed E-state index contributed by atoms with van der Waals surface area (Å²) in [5, 5.41) is 11.9. The van der Waals surface area contributed by atoms with Crippen LogP contribution in [-0.4, -0.2) is 29.8 Å². The second kappa shape index (κ2) is 6.83. The van der Waals surface area contributed by atoms with Crippen molar-refractivity contribution in [3.63, 3.8) is 0 Å². The molecular weight excluding hydrogens is 321 g/mol. The third kappa shape index (κ3) is 3.14. The number of fused-ring (bicyclic) bond motifs is 1. The number of carbonyl (C=O) groups excluding carboxylic acids is 2. The van der Waals surface area contributed by atoms with Gasteiger partial charge in [-0.15, -0.1) is 0 Å². The van der Waals surface area contributed by atoms with Gasteiger partial charge < -0.3 is 5.32 Å². The summed E-state index contributed by atoms with van der Waals surface area (Å²) in [6, 6.07) is 12.6. The number of benzene rings is 2. The zero-order valence-electron chi connectivity index (χ0n) is 13.6. The van der Waals surface area contributed by atoms with Gasteiger partial charge in [0.1, 0.15) is 5.82 Å². The van der Waals surface area contributed by atoms with Gasteiger partial charge in [-0.1, -0.05) is 18.2 Å².